The maximum atomic E-state index is 6.53. The first kappa shape index (κ1) is 11.4. The lowest BCUT2D eigenvalue weighted by Crippen LogP contribution is -2.55. The Morgan fingerprint density at radius 1 is 1.20 bits per heavy atom. The van der Waals surface area contributed by atoms with E-state index in [1.165, 1.54) is 51.4 Å². The van der Waals surface area contributed by atoms with Crippen molar-refractivity contribution in [2.45, 2.75) is 57.4 Å². The van der Waals surface area contributed by atoms with Crippen molar-refractivity contribution in [1.82, 2.24) is 5.32 Å². The zero-order valence-corrected chi connectivity index (χ0v) is 10.1. The van der Waals surface area contributed by atoms with Crippen molar-refractivity contribution in [2.24, 2.45) is 17.1 Å². The van der Waals surface area contributed by atoms with E-state index in [1.807, 2.05) is 0 Å². The van der Waals surface area contributed by atoms with Crippen molar-refractivity contribution >= 4 is 0 Å². The van der Waals surface area contributed by atoms with Gasteiger partial charge in [0.05, 0.1) is 0 Å². The minimum absolute atomic E-state index is 0.455. The molecule has 0 aromatic rings. The van der Waals surface area contributed by atoms with Gasteiger partial charge in [-0.2, -0.15) is 0 Å². The first-order valence-corrected chi connectivity index (χ1v) is 6.69. The van der Waals surface area contributed by atoms with Crippen LogP contribution in [0.4, 0.5) is 0 Å². The summed E-state index contributed by atoms with van der Waals surface area (Å²) >= 11 is 0. The van der Waals surface area contributed by atoms with Gasteiger partial charge in [-0.05, 0) is 44.1 Å². The third kappa shape index (κ3) is 2.21. The molecule has 0 bridgehead atoms. The van der Waals surface area contributed by atoms with Crippen molar-refractivity contribution in [3.05, 3.63) is 0 Å². The zero-order valence-electron chi connectivity index (χ0n) is 10.1. The molecule has 88 valence electrons. The molecule has 1 unspecified atom stereocenters. The molecule has 0 heterocycles. The van der Waals surface area contributed by atoms with Gasteiger partial charge in [0.1, 0.15) is 0 Å². The number of rotatable bonds is 4. The largest absolute Gasteiger partial charge is 0.327 e. The number of hydrogen-bond donors (Lipinski definition) is 2. The van der Waals surface area contributed by atoms with E-state index in [0.717, 1.165) is 12.5 Å². The van der Waals surface area contributed by atoms with Gasteiger partial charge in [0, 0.05) is 12.6 Å². The van der Waals surface area contributed by atoms with Crippen LogP contribution in [0, 0.1) is 11.3 Å². The Morgan fingerprint density at radius 2 is 1.87 bits per heavy atom. The summed E-state index contributed by atoms with van der Waals surface area (Å²) in [6.07, 6.45) is 11.1. The second kappa shape index (κ2) is 4.84. The van der Waals surface area contributed by atoms with E-state index in [-0.39, 0.29) is 0 Å². The van der Waals surface area contributed by atoms with Crippen molar-refractivity contribution < 1.29 is 0 Å². The third-order valence-electron chi connectivity index (χ3n) is 4.74. The topological polar surface area (TPSA) is 38.0 Å². The van der Waals surface area contributed by atoms with Crippen LogP contribution in [-0.2, 0) is 0 Å². The summed E-state index contributed by atoms with van der Waals surface area (Å²) in [4.78, 5) is 0. The number of hydrogen-bond acceptors (Lipinski definition) is 2. The van der Waals surface area contributed by atoms with Gasteiger partial charge >= 0.3 is 0 Å². The summed E-state index contributed by atoms with van der Waals surface area (Å²) in [5.41, 5.74) is 6.99. The average molecular weight is 210 g/mol. The molecule has 0 aromatic carbocycles. The van der Waals surface area contributed by atoms with Crippen molar-refractivity contribution in [2.75, 3.05) is 13.6 Å². The molecule has 2 saturated carbocycles. The molecule has 2 aliphatic rings. The van der Waals surface area contributed by atoms with E-state index in [1.54, 1.807) is 0 Å². The lowest BCUT2D eigenvalue weighted by Gasteiger charge is -2.50. The molecule has 0 aliphatic heterocycles. The minimum atomic E-state index is 0.455. The summed E-state index contributed by atoms with van der Waals surface area (Å²) in [6.45, 7) is 1.13. The highest BCUT2D eigenvalue weighted by Crippen LogP contribution is 2.46. The standard InChI is InChI=1S/C13H26N2/c1-15-10-13(8-5-9-13)12(14)11-6-3-2-4-7-11/h11-12,15H,2-10,14H2,1H3. The minimum Gasteiger partial charge on any atom is -0.327 e. The predicted molar refractivity (Wildman–Crippen MR) is 64.8 cm³/mol. The number of nitrogens with two attached hydrogens (primary N) is 1. The molecule has 0 spiro atoms. The molecule has 2 nitrogen and oxygen atoms in total. The van der Waals surface area contributed by atoms with Crippen LogP contribution in [0.2, 0.25) is 0 Å². The first-order valence-electron chi connectivity index (χ1n) is 6.69. The summed E-state index contributed by atoms with van der Waals surface area (Å²) in [5, 5.41) is 3.35. The van der Waals surface area contributed by atoms with Gasteiger partial charge in [-0.25, -0.2) is 0 Å². The van der Waals surface area contributed by atoms with E-state index in [2.05, 4.69) is 12.4 Å². The SMILES string of the molecule is CNCC1(C(N)C2CCCCC2)CCC1. The van der Waals surface area contributed by atoms with Crippen LogP contribution in [0.1, 0.15) is 51.4 Å². The van der Waals surface area contributed by atoms with Gasteiger partial charge in [0.2, 0.25) is 0 Å². The summed E-state index contributed by atoms with van der Waals surface area (Å²) in [7, 11) is 2.06. The molecule has 0 amide bonds. The van der Waals surface area contributed by atoms with E-state index >= 15 is 0 Å². The highest BCUT2D eigenvalue weighted by Gasteiger charge is 2.44. The second-order valence-corrected chi connectivity index (χ2v) is 5.67. The summed E-state index contributed by atoms with van der Waals surface area (Å²) in [5.74, 6) is 0.812. The fourth-order valence-electron chi connectivity index (χ4n) is 3.60. The molecule has 0 radical (unpaired) electrons. The van der Waals surface area contributed by atoms with Crippen LogP contribution in [-0.4, -0.2) is 19.6 Å². The summed E-state index contributed by atoms with van der Waals surface area (Å²) in [6, 6.07) is 0.457. The molecule has 3 N–H and O–H groups in total. The molecule has 0 saturated heterocycles. The molecule has 2 heteroatoms. The lowest BCUT2D eigenvalue weighted by molar-refractivity contribution is 0.0536. The van der Waals surface area contributed by atoms with Crippen molar-refractivity contribution in [3.8, 4) is 0 Å². The first-order chi connectivity index (χ1) is 7.28. The molecule has 0 aromatic heterocycles. The van der Waals surface area contributed by atoms with Crippen LogP contribution in [0.25, 0.3) is 0 Å². The van der Waals surface area contributed by atoms with Crippen LogP contribution >= 0.6 is 0 Å². The molecule has 15 heavy (non-hydrogen) atoms. The van der Waals surface area contributed by atoms with Crippen LogP contribution in [0.15, 0.2) is 0 Å². The quantitative estimate of drug-likeness (QED) is 0.747. The van der Waals surface area contributed by atoms with E-state index in [0.29, 0.717) is 11.5 Å². The maximum absolute atomic E-state index is 6.53. The lowest BCUT2D eigenvalue weighted by atomic mass is 9.59. The maximum Gasteiger partial charge on any atom is 0.0136 e. The van der Waals surface area contributed by atoms with Gasteiger partial charge in [-0.15, -0.1) is 0 Å². The Bertz CT molecular complexity index is 193. The molecular formula is C13H26N2. The van der Waals surface area contributed by atoms with E-state index in [9.17, 15) is 0 Å². The normalized spacial score (nSPS) is 28.4. The molecule has 1 atom stereocenters. The van der Waals surface area contributed by atoms with Crippen LogP contribution < -0.4 is 11.1 Å². The van der Waals surface area contributed by atoms with Gasteiger partial charge in [-0.1, -0.05) is 25.7 Å². The Hall–Kier alpha value is -0.0800. The third-order valence-corrected chi connectivity index (χ3v) is 4.74. The Balaban J connectivity index is 1.94. The van der Waals surface area contributed by atoms with Crippen molar-refractivity contribution in [1.29, 1.82) is 0 Å². The summed E-state index contributed by atoms with van der Waals surface area (Å²) < 4.78 is 0. The van der Waals surface area contributed by atoms with Gasteiger partial charge in [0.15, 0.2) is 0 Å². The highest BCUT2D eigenvalue weighted by molar-refractivity contribution is 5.00. The second-order valence-electron chi connectivity index (χ2n) is 5.67. The van der Waals surface area contributed by atoms with Gasteiger partial charge < -0.3 is 11.1 Å². The average Bonchev–Trinajstić information content (AvgIpc) is 2.24. The molecule has 2 aliphatic carbocycles. The zero-order chi connectivity index (χ0) is 10.7. The van der Waals surface area contributed by atoms with Crippen LogP contribution in [0.5, 0.6) is 0 Å². The highest BCUT2D eigenvalue weighted by atomic mass is 14.9. The Kier molecular flexibility index (Phi) is 3.68. The van der Waals surface area contributed by atoms with E-state index < -0.39 is 0 Å². The molecular weight excluding hydrogens is 184 g/mol. The molecule has 2 rings (SSSR count). The van der Waals surface area contributed by atoms with E-state index in [4.69, 9.17) is 5.73 Å². The fraction of sp³-hybridized carbons (Fsp3) is 1.00. The van der Waals surface area contributed by atoms with Crippen LogP contribution in [0.3, 0.4) is 0 Å². The fourth-order valence-corrected chi connectivity index (χ4v) is 3.60. The Morgan fingerprint density at radius 3 is 2.33 bits per heavy atom. The van der Waals surface area contributed by atoms with Gasteiger partial charge in [0.25, 0.3) is 0 Å². The number of nitrogens with one attached hydrogen (secondary N) is 1. The van der Waals surface area contributed by atoms with Crippen molar-refractivity contribution in [3.63, 3.8) is 0 Å². The monoisotopic (exact) mass is 210 g/mol. The van der Waals surface area contributed by atoms with Gasteiger partial charge in [-0.3, -0.25) is 0 Å². The molecule has 2 fully saturated rings. The predicted octanol–water partition coefficient (Wildman–Crippen LogP) is 2.28. The Labute approximate surface area is 94.0 Å². The smallest absolute Gasteiger partial charge is 0.0136 e.